The second kappa shape index (κ2) is 10.3. The maximum Gasteiger partial charge on any atom is 0.573 e. The van der Waals surface area contributed by atoms with Gasteiger partial charge in [-0.25, -0.2) is 0 Å². The summed E-state index contributed by atoms with van der Waals surface area (Å²) in [4.78, 5) is 12.5. The first-order valence-electron chi connectivity index (χ1n) is 9.66. The molecule has 3 aromatic carbocycles. The minimum absolute atomic E-state index is 0.00289. The fourth-order valence-electron chi connectivity index (χ4n) is 2.94. The van der Waals surface area contributed by atoms with Gasteiger partial charge in [0.05, 0.1) is 17.9 Å². The standard InChI is InChI=1S/C23H16ClF6NO3/c24-17-6-2-4-15(12-17)21(32)31-19-13-18(34-23(28,29)30)7-8-20(19)33-10-9-14-3-1-5-16(11-14)22(25,26)27/h1-8,11-13H,9-10H2,(H,31,32). The molecule has 0 aromatic heterocycles. The molecule has 0 bridgehead atoms. The Labute approximate surface area is 195 Å². The lowest BCUT2D eigenvalue weighted by molar-refractivity contribution is -0.274. The summed E-state index contributed by atoms with van der Waals surface area (Å²) in [6.07, 6.45) is -9.38. The molecule has 34 heavy (non-hydrogen) atoms. The maximum atomic E-state index is 12.9. The van der Waals surface area contributed by atoms with Crippen LogP contribution >= 0.6 is 11.6 Å². The number of nitrogens with one attached hydrogen (secondary N) is 1. The summed E-state index contributed by atoms with van der Waals surface area (Å²) in [5, 5.41) is 2.72. The number of carbonyl (C=O) groups excluding carboxylic acids is 1. The van der Waals surface area contributed by atoms with Gasteiger partial charge in [0.1, 0.15) is 11.5 Å². The largest absolute Gasteiger partial charge is 0.573 e. The first-order chi connectivity index (χ1) is 15.9. The van der Waals surface area contributed by atoms with Crippen LogP contribution in [0.25, 0.3) is 0 Å². The van der Waals surface area contributed by atoms with Crippen LogP contribution in [0.5, 0.6) is 11.5 Å². The number of anilines is 1. The van der Waals surface area contributed by atoms with Gasteiger partial charge in [0.15, 0.2) is 0 Å². The van der Waals surface area contributed by atoms with E-state index in [1.807, 2.05) is 0 Å². The summed E-state index contributed by atoms with van der Waals surface area (Å²) < 4.78 is 85.9. The van der Waals surface area contributed by atoms with Crippen molar-refractivity contribution in [2.75, 3.05) is 11.9 Å². The van der Waals surface area contributed by atoms with Crippen LogP contribution in [0.15, 0.2) is 66.7 Å². The highest BCUT2D eigenvalue weighted by molar-refractivity contribution is 6.31. The Morgan fingerprint density at radius 2 is 1.65 bits per heavy atom. The van der Waals surface area contributed by atoms with Crippen LogP contribution in [0.1, 0.15) is 21.5 Å². The first kappa shape index (κ1) is 25.2. The zero-order valence-electron chi connectivity index (χ0n) is 17.1. The molecule has 180 valence electrons. The fourth-order valence-corrected chi connectivity index (χ4v) is 3.13. The number of alkyl halides is 6. The minimum Gasteiger partial charge on any atom is -0.491 e. The van der Waals surface area contributed by atoms with Gasteiger partial charge in [-0.2, -0.15) is 13.2 Å². The lowest BCUT2D eigenvalue weighted by atomic mass is 10.1. The Kier molecular flexibility index (Phi) is 7.61. The van der Waals surface area contributed by atoms with E-state index in [1.54, 1.807) is 6.07 Å². The van der Waals surface area contributed by atoms with Crippen LogP contribution < -0.4 is 14.8 Å². The van der Waals surface area contributed by atoms with E-state index in [4.69, 9.17) is 16.3 Å². The van der Waals surface area contributed by atoms with Crippen molar-refractivity contribution in [3.05, 3.63) is 88.4 Å². The molecule has 0 unspecified atom stereocenters. The molecule has 3 aromatic rings. The maximum absolute atomic E-state index is 12.9. The summed E-state index contributed by atoms with van der Waals surface area (Å²) in [5.74, 6) is -1.27. The molecule has 0 radical (unpaired) electrons. The van der Waals surface area contributed by atoms with Crippen LogP contribution in [-0.4, -0.2) is 18.9 Å². The number of carbonyl (C=O) groups is 1. The van der Waals surface area contributed by atoms with Crippen LogP contribution in [0.3, 0.4) is 0 Å². The van der Waals surface area contributed by atoms with Crippen molar-refractivity contribution >= 4 is 23.2 Å². The smallest absolute Gasteiger partial charge is 0.491 e. The highest BCUT2D eigenvalue weighted by atomic mass is 35.5. The third kappa shape index (κ3) is 7.31. The Morgan fingerprint density at radius 3 is 2.32 bits per heavy atom. The third-order valence-electron chi connectivity index (χ3n) is 4.42. The zero-order chi connectivity index (χ0) is 24.9. The van der Waals surface area contributed by atoms with Gasteiger partial charge in [0, 0.05) is 23.1 Å². The van der Waals surface area contributed by atoms with E-state index >= 15 is 0 Å². The summed E-state index contributed by atoms with van der Waals surface area (Å²) in [5.41, 5.74) is -0.454. The second-order valence-electron chi connectivity index (χ2n) is 6.97. The second-order valence-corrected chi connectivity index (χ2v) is 7.40. The van der Waals surface area contributed by atoms with Crippen molar-refractivity contribution in [3.63, 3.8) is 0 Å². The van der Waals surface area contributed by atoms with Gasteiger partial charge >= 0.3 is 12.5 Å². The van der Waals surface area contributed by atoms with Crippen molar-refractivity contribution in [1.29, 1.82) is 0 Å². The molecule has 0 fully saturated rings. The topological polar surface area (TPSA) is 47.6 Å². The number of hydrogen-bond donors (Lipinski definition) is 1. The van der Waals surface area contributed by atoms with Gasteiger partial charge in [-0.3, -0.25) is 4.79 Å². The number of amides is 1. The van der Waals surface area contributed by atoms with Crippen LogP contribution in [0.4, 0.5) is 32.0 Å². The van der Waals surface area contributed by atoms with Crippen molar-refractivity contribution in [2.24, 2.45) is 0 Å². The molecule has 0 aliphatic heterocycles. The number of benzene rings is 3. The Hall–Kier alpha value is -3.40. The van der Waals surface area contributed by atoms with Crippen LogP contribution in [-0.2, 0) is 12.6 Å². The molecule has 1 amide bonds. The van der Waals surface area contributed by atoms with E-state index in [-0.39, 0.29) is 35.1 Å². The predicted octanol–water partition coefficient (Wildman–Crippen LogP) is 7.13. The number of hydrogen-bond acceptors (Lipinski definition) is 3. The molecule has 11 heteroatoms. The van der Waals surface area contributed by atoms with E-state index in [2.05, 4.69) is 10.1 Å². The molecule has 0 saturated carbocycles. The number of ether oxygens (including phenoxy) is 2. The molecule has 0 spiro atoms. The Bertz CT molecular complexity index is 1160. The summed E-state index contributed by atoms with van der Waals surface area (Å²) in [6, 6.07) is 13.6. The van der Waals surface area contributed by atoms with E-state index in [1.165, 1.54) is 30.3 Å². The summed E-state index contributed by atoms with van der Waals surface area (Å²) in [7, 11) is 0. The minimum atomic E-state index is -4.96. The third-order valence-corrected chi connectivity index (χ3v) is 4.66. The lowest BCUT2D eigenvalue weighted by Crippen LogP contribution is -2.18. The van der Waals surface area contributed by atoms with E-state index in [0.29, 0.717) is 5.56 Å². The normalized spacial score (nSPS) is 11.7. The molecule has 0 saturated heterocycles. The van der Waals surface area contributed by atoms with Gasteiger partial charge < -0.3 is 14.8 Å². The Balaban J connectivity index is 1.78. The van der Waals surface area contributed by atoms with Gasteiger partial charge in [-0.1, -0.05) is 35.9 Å². The predicted molar refractivity (Wildman–Crippen MR) is 113 cm³/mol. The quantitative estimate of drug-likeness (QED) is 0.349. The monoisotopic (exact) mass is 503 g/mol. The molecular weight excluding hydrogens is 488 g/mol. The van der Waals surface area contributed by atoms with Gasteiger partial charge in [-0.15, -0.1) is 13.2 Å². The first-order valence-corrected chi connectivity index (χ1v) is 10.0. The molecular formula is C23H16ClF6NO3. The zero-order valence-corrected chi connectivity index (χ0v) is 17.9. The molecule has 0 aliphatic rings. The van der Waals surface area contributed by atoms with E-state index in [9.17, 15) is 31.1 Å². The molecule has 3 rings (SSSR count). The lowest BCUT2D eigenvalue weighted by Gasteiger charge is -2.16. The number of halogens is 7. The SMILES string of the molecule is O=C(Nc1cc(OC(F)(F)F)ccc1OCCc1cccc(C(F)(F)F)c1)c1cccc(Cl)c1. The fraction of sp³-hybridized carbons (Fsp3) is 0.174. The van der Waals surface area contributed by atoms with Gasteiger partial charge in [0.25, 0.3) is 5.91 Å². The van der Waals surface area contributed by atoms with Crippen molar-refractivity contribution in [3.8, 4) is 11.5 Å². The summed E-state index contributed by atoms with van der Waals surface area (Å²) >= 11 is 5.87. The van der Waals surface area contributed by atoms with Crippen molar-refractivity contribution < 1.29 is 40.6 Å². The van der Waals surface area contributed by atoms with Gasteiger partial charge in [-0.05, 0) is 42.0 Å². The van der Waals surface area contributed by atoms with Crippen molar-refractivity contribution in [1.82, 2.24) is 0 Å². The van der Waals surface area contributed by atoms with E-state index < -0.39 is 29.8 Å². The van der Waals surface area contributed by atoms with Crippen LogP contribution in [0, 0.1) is 0 Å². The Morgan fingerprint density at radius 1 is 0.912 bits per heavy atom. The molecule has 0 aliphatic carbocycles. The molecule has 0 heterocycles. The molecule has 4 nitrogen and oxygen atoms in total. The van der Waals surface area contributed by atoms with Crippen LogP contribution in [0.2, 0.25) is 5.02 Å². The van der Waals surface area contributed by atoms with E-state index in [0.717, 1.165) is 30.3 Å². The molecule has 1 N–H and O–H groups in total. The van der Waals surface area contributed by atoms with Crippen molar-refractivity contribution in [2.45, 2.75) is 19.0 Å². The molecule has 0 atom stereocenters. The highest BCUT2D eigenvalue weighted by Crippen LogP contribution is 2.33. The average molecular weight is 504 g/mol. The average Bonchev–Trinajstić information content (AvgIpc) is 2.74. The highest BCUT2D eigenvalue weighted by Gasteiger charge is 2.32. The summed E-state index contributed by atoms with van der Waals surface area (Å²) in [6.45, 7) is -0.110. The van der Waals surface area contributed by atoms with Gasteiger partial charge in [0.2, 0.25) is 0 Å². The number of rotatable bonds is 7.